The van der Waals surface area contributed by atoms with Crippen molar-refractivity contribution in [2.45, 2.75) is 38.0 Å². The van der Waals surface area contributed by atoms with Gasteiger partial charge in [-0.05, 0) is 37.7 Å². The van der Waals surface area contributed by atoms with Gasteiger partial charge < -0.3 is 10.1 Å². The van der Waals surface area contributed by atoms with Gasteiger partial charge in [0.05, 0.1) is 6.61 Å². The van der Waals surface area contributed by atoms with Gasteiger partial charge in [-0.2, -0.15) is 11.8 Å². The van der Waals surface area contributed by atoms with Gasteiger partial charge in [-0.3, -0.25) is 0 Å². The van der Waals surface area contributed by atoms with E-state index < -0.39 is 0 Å². The average Bonchev–Trinajstić information content (AvgIpc) is 2.36. The first kappa shape index (κ1) is 13.5. The number of anilines is 1. The molecular formula is C14H20FNOS. The third kappa shape index (κ3) is 3.31. The van der Waals surface area contributed by atoms with Crippen molar-refractivity contribution in [2.24, 2.45) is 0 Å². The molecule has 1 aromatic carbocycles. The Bertz CT molecular complexity index is 399. The lowest BCUT2D eigenvalue weighted by Crippen LogP contribution is -2.32. The van der Waals surface area contributed by atoms with Gasteiger partial charge in [-0.1, -0.05) is 6.92 Å². The standard InChI is InChI=1S/C14H20FNOS/c1-3-17-14-7-6-11(9-12(14)15)16-13-5-4-8-18-10(13)2/h6-7,9-10,13,16H,3-5,8H2,1-2H3. The fraction of sp³-hybridized carbons (Fsp3) is 0.571. The second-order valence-corrected chi connectivity index (χ2v) is 6.03. The predicted molar refractivity (Wildman–Crippen MR) is 76.1 cm³/mol. The molecule has 1 aliphatic heterocycles. The molecule has 1 aromatic rings. The van der Waals surface area contributed by atoms with E-state index >= 15 is 0 Å². The van der Waals surface area contributed by atoms with Gasteiger partial charge >= 0.3 is 0 Å². The molecule has 0 saturated carbocycles. The van der Waals surface area contributed by atoms with E-state index in [9.17, 15) is 4.39 Å². The van der Waals surface area contributed by atoms with E-state index in [1.165, 1.54) is 18.2 Å². The fourth-order valence-corrected chi connectivity index (χ4v) is 3.33. The molecule has 0 amide bonds. The summed E-state index contributed by atoms with van der Waals surface area (Å²) in [5.41, 5.74) is 0.843. The number of thioether (sulfide) groups is 1. The van der Waals surface area contributed by atoms with Gasteiger partial charge in [-0.25, -0.2) is 4.39 Å². The van der Waals surface area contributed by atoms with Gasteiger partial charge in [0.1, 0.15) is 0 Å². The summed E-state index contributed by atoms with van der Waals surface area (Å²) in [4.78, 5) is 0. The maximum absolute atomic E-state index is 13.7. The Kier molecular flexibility index (Phi) is 4.75. The molecule has 2 unspecified atom stereocenters. The van der Waals surface area contributed by atoms with E-state index in [1.807, 2.05) is 24.8 Å². The van der Waals surface area contributed by atoms with Crippen LogP contribution < -0.4 is 10.1 Å². The lowest BCUT2D eigenvalue weighted by atomic mass is 10.1. The third-order valence-corrected chi connectivity index (χ3v) is 4.57. The van der Waals surface area contributed by atoms with Crippen LogP contribution in [0.4, 0.5) is 10.1 Å². The average molecular weight is 269 g/mol. The zero-order valence-electron chi connectivity index (χ0n) is 10.9. The Morgan fingerprint density at radius 3 is 3.00 bits per heavy atom. The summed E-state index contributed by atoms with van der Waals surface area (Å²) in [6.45, 7) is 4.57. The molecule has 0 bridgehead atoms. The molecule has 0 aliphatic carbocycles. The molecular weight excluding hydrogens is 249 g/mol. The van der Waals surface area contributed by atoms with Crippen molar-refractivity contribution >= 4 is 17.4 Å². The van der Waals surface area contributed by atoms with Crippen molar-refractivity contribution in [3.05, 3.63) is 24.0 Å². The molecule has 4 heteroatoms. The summed E-state index contributed by atoms with van der Waals surface area (Å²) in [7, 11) is 0. The molecule has 1 fully saturated rings. The van der Waals surface area contributed by atoms with Crippen LogP contribution in [0.1, 0.15) is 26.7 Å². The third-order valence-electron chi connectivity index (χ3n) is 3.19. The van der Waals surface area contributed by atoms with Crippen molar-refractivity contribution in [2.75, 3.05) is 17.7 Å². The van der Waals surface area contributed by atoms with E-state index in [4.69, 9.17) is 4.74 Å². The SMILES string of the molecule is CCOc1ccc(NC2CCCSC2C)cc1F. The molecule has 0 aromatic heterocycles. The Balaban J connectivity index is 2.02. The van der Waals surface area contributed by atoms with Crippen LogP contribution in [0.15, 0.2) is 18.2 Å². The highest BCUT2D eigenvalue weighted by molar-refractivity contribution is 8.00. The molecule has 18 heavy (non-hydrogen) atoms. The van der Waals surface area contributed by atoms with Crippen LogP contribution >= 0.6 is 11.8 Å². The minimum atomic E-state index is -0.294. The van der Waals surface area contributed by atoms with Gasteiger partial charge in [0, 0.05) is 23.0 Å². The maximum Gasteiger partial charge on any atom is 0.167 e. The monoisotopic (exact) mass is 269 g/mol. The highest BCUT2D eigenvalue weighted by atomic mass is 32.2. The minimum Gasteiger partial charge on any atom is -0.491 e. The lowest BCUT2D eigenvalue weighted by Gasteiger charge is -2.30. The zero-order valence-corrected chi connectivity index (χ0v) is 11.7. The van der Waals surface area contributed by atoms with Crippen LogP contribution in [-0.2, 0) is 0 Å². The molecule has 1 N–H and O–H groups in total. The van der Waals surface area contributed by atoms with E-state index in [-0.39, 0.29) is 5.82 Å². The molecule has 2 rings (SSSR count). The molecule has 2 nitrogen and oxygen atoms in total. The number of rotatable bonds is 4. The highest BCUT2D eigenvalue weighted by Crippen LogP contribution is 2.29. The van der Waals surface area contributed by atoms with Gasteiger partial charge in [0.25, 0.3) is 0 Å². The normalized spacial score (nSPS) is 23.7. The van der Waals surface area contributed by atoms with Gasteiger partial charge in [-0.15, -0.1) is 0 Å². The number of halogens is 1. The first-order valence-corrected chi connectivity index (χ1v) is 7.56. The molecule has 1 aliphatic rings. The van der Waals surface area contributed by atoms with Crippen molar-refractivity contribution in [3.8, 4) is 5.75 Å². The number of benzene rings is 1. The van der Waals surface area contributed by atoms with E-state index in [1.54, 1.807) is 6.07 Å². The predicted octanol–water partition coefficient (Wildman–Crippen LogP) is 3.92. The summed E-state index contributed by atoms with van der Waals surface area (Å²) >= 11 is 1.98. The molecule has 1 heterocycles. The Morgan fingerprint density at radius 2 is 2.33 bits per heavy atom. The van der Waals surface area contributed by atoms with Crippen LogP contribution in [0.2, 0.25) is 0 Å². The summed E-state index contributed by atoms with van der Waals surface area (Å²) in [5.74, 6) is 1.27. The smallest absolute Gasteiger partial charge is 0.167 e. The van der Waals surface area contributed by atoms with Gasteiger partial charge in [0.2, 0.25) is 0 Å². The highest BCUT2D eigenvalue weighted by Gasteiger charge is 2.21. The Hall–Kier alpha value is -0.900. The molecule has 1 saturated heterocycles. The summed E-state index contributed by atoms with van der Waals surface area (Å²) in [6.07, 6.45) is 2.38. The summed E-state index contributed by atoms with van der Waals surface area (Å²) < 4.78 is 18.9. The van der Waals surface area contributed by atoms with Crippen LogP contribution in [0.5, 0.6) is 5.75 Å². The van der Waals surface area contributed by atoms with E-state index in [0.29, 0.717) is 23.6 Å². The summed E-state index contributed by atoms with van der Waals surface area (Å²) in [6, 6.07) is 5.54. The topological polar surface area (TPSA) is 21.3 Å². The number of hydrogen-bond donors (Lipinski definition) is 1. The Morgan fingerprint density at radius 1 is 1.50 bits per heavy atom. The summed E-state index contributed by atoms with van der Waals surface area (Å²) in [5, 5.41) is 4.00. The van der Waals surface area contributed by atoms with Crippen molar-refractivity contribution in [1.82, 2.24) is 0 Å². The largest absolute Gasteiger partial charge is 0.491 e. The fourth-order valence-electron chi connectivity index (χ4n) is 2.19. The minimum absolute atomic E-state index is 0.294. The number of nitrogens with one attached hydrogen (secondary N) is 1. The van der Waals surface area contributed by atoms with Gasteiger partial charge in [0.15, 0.2) is 11.6 Å². The maximum atomic E-state index is 13.7. The molecule has 100 valence electrons. The van der Waals surface area contributed by atoms with Crippen LogP contribution in [0.25, 0.3) is 0 Å². The molecule has 2 atom stereocenters. The second-order valence-electron chi connectivity index (χ2n) is 4.55. The van der Waals surface area contributed by atoms with Crippen molar-refractivity contribution in [3.63, 3.8) is 0 Å². The first-order chi connectivity index (χ1) is 8.70. The van der Waals surface area contributed by atoms with Crippen molar-refractivity contribution in [1.29, 1.82) is 0 Å². The molecule has 0 radical (unpaired) electrons. The Labute approximate surface area is 112 Å². The lowest BCUT2D eigenvalue weighted by molar-refractivity contribution is 0.321. The quantitative estimate of drug-likeness (QED) is 0.895. The zero-order chi connectivity index (χ0) is 13.0. The second kappa shape index (κ2) is 6.32. The van der Waals surface area contributed by atoms with E-state index in [0.717, 1.165) is 12.1 Å². The number of hydrogen-bond acceptors (Lipinski definition) is 3. The molecule has 0 spiro atoms. The van der Waals surface area contributed by atoms with Crippen LogP contribution in [0.3, 0.4) is 0 Å². The van der Waals surface area contributed by atoms with E-state index in [2.05, 4.69) is 12.2 Å². The van der Waals surface area contributed by atoms with Crippen LogP contribution in [0, 0.1) is 5.82 Å². The first-order valence-electron chi connectivity index (χ1n) is 6.51. The van der Waals surface area contributed by atoms with Crippen LogP contribution in [-0.4, -0.2) is 23.7 Å². The number of ether oxygens (including phenoxy) is 1. The van der Waals surface area contributed by atoms with Crippen molar-refractivity contribution < 1.29 is 9.13 Å².